The van der Waals surface area contributed by atoms with E-state index in [1.165, 1.54) is 22.3 Å². The summed E-state index contributed by atoms with van der Waals surface area (Å²) in [6, 6.07) is 24.1. The van der Waals surface area contributed by atoms with Crippen molar-refractivity contribution in [3.05, 3.63) is 95.1 Å². The highest BCUT2D eigenvalue weighted by atomic mass is 16.5. The van der Waals surface area contributed by atoms with Gasteiger partial charge in [-0.3, -0.25) is 0 Å². The molecule has 2 aliphatic carbocycles. The third-order valence-electron chi connectivity index (χ3n) is 8.84. The van der Waals surface area contributed by atoms with Gasteiger partial charge in [0.05, 0.1) is 25.6 Å². The molecule has 0 saturated carbocycles. The van der Waals surface area contributed by atoms with Crippen LogP contribution < -0.4 is 30.4 Å². The molecule has 0 saturated heterocycles. The Labute approximate surface area is 242 Å². The van der Waals surface area contributed by atoms with E-state index < -0.39 is 0 Å². The van der Waals surface area contributed by atoms with Gasteiger partial charge in [0.2, 0.25) is 0 Å². The first-order valence-corrected chi connectivity index (χ1v) is 14.0. The molecule has 0 aromatic heterocycles. The van der Waals surface area contributed by atoms with E-state index in [0.29, 0.717) is 34.4 Å². The fourth-order valence-corrected chi connectivity index (χ4v) is 7.22. The molecule has 6 rings (SSSR count). The van der Waals surface area contributed by atoms with Crippen LogP contribution in [0.3, 0.4) is 0 Å². The van der Waals surface area contributed by atoms with E-state index in [9.17, 15) is 0 Å². The monoisotopic (exact) mass is 550 g/mol. The van der Waals surface area contributed by atoms with Crippen LogP contribution in [0.2, 0.25) is 0 Å². The standard InChI is InChI=1S/C35H38N2O4/c1-33(2)19-35(27-15-21(7-11-25(27)33)40-23-9-13-29(36)31(17-23)38-5)20-34(3,4)26-12-8-22(16-28(26)35)41-24-10-14-30(37)32(18-24)39-6/h7-18H,19-20,36-37H2,1-6H3. The van der Waals surface area contributed by atoms with E-state index in [0.717, 1.165) is 24.3 Å². The number of nitrogens with two attached hydrogens (primary N) is 2. The molecule has 0 fully saturated rings. The zero-order chi connectivity index (χ0) is 29.2. The molecule has 41 heavy (non-hydrogen) atoms. The molecule has 4 aromatic carbocycles. The SMILES string of the molecule is COc1cc(Oc2ccc3c(c2)C2(CC3(C)C)CC(C)(C)c3ccc(Oc4ccc(N)c(OC)c4)cc32)ccc1N. The molecular weight excluding hydrogens is 512 g/mol. The van der Waals surface area contributed by atoms with Crippen LogP contribution in [0.15, 0.2) is 72.8 Å². The fourth-order valence-electron chi connectivity index (χ4n) is 7.22. The largest absolute Gasteiger partial charge is 0.494 e. The van der Waals surface area contributed by atoms with Gasteiger partial charge in [0.15, 0.2) is 0 Å². The maximum Gasteiger partial charge on any atom is 0.145 e. The van der Waals surface area contributed by atoms with Crippen molar-refractivity contribution in [1.29, 1.82) is 0 Å². The fraction of sp³-hybridized carbons (Fsp3) is 0.314. The summed E-state index contributed by atoms with van der Waals surface area (Å²) in [5.74, 6) is 4.15. The van der Waals surface area contributed by atoms with Gasteiger partial charge in [-0.15, -0.1) is 0 Å². The first-order valence-electron chi connectivity index (χ1n) is 14.0. The Morgan fingerprint density at radius 3 is 1.27 bits per heavy atom. The summed E-state index contributed by atoms with van der Waals surface area (Å²) in [6.07, 6.45) is 2.01. The van der Waals surface area contributed by atoms with Crippen LogP contribution in [0.1, 0.15) is 62.8 Å². The molecule has 0 bridgehead atoms. The number of benzene rings is 4. The minimum Gasteiger partial charge on any atom is -0.494 e. The lowest BCUT2D eigenvalue weighted by atomic mass is 9.72. The Morgan fingerprint density at radius 2 is 0.878 bits per heavy atom. The van der Waals surface area contributed by atoms with Crippen molar-refractivity contribution in [3.63, 3.8) is 0 Å². The lowest BCUT2D eigenvalue weighted by Crippen LogP contribution is -2.27. The smallest absolute Gasteiger partial charge is 0.145 e. The van der Waals surface area contributed by atoms with E-state index in [2.05, 4.69) is 64.1 Å². The Bertz CT molecular complexity index is 1530. The van der Waals surface area contributed by atoms with Crippen molar-refractivity contribution in [2.75, 3.05) is 25.7 Å². The van der Waals surface area contributed by atoms with Crippen molar-refractivity contribution in [2.24, 2.45) is 0 Å². The summed E-state index contributed by atoms with van der Waals surface area (Å²) in [4.78, 5) is 0. The Balaban J connectivity index is 1.43. The summed E-state index contributed by atoms with van der Waals surface area (Å²) in [7, 11) is 3.22. The highest BCUT2D eigenvalue weighted by Crippen LogP contribution is 2.63. The molecular formula is C35H38N2O4. The number of nitrogen functional groups attached to an aromatic ring is 2. The molecule has 4 N–H and O–H groups in total. The zero-order valence-electron chi connectivity index (χ0n) is 24.6. The highest BCUT2D eigenvalue weighted by molar-refractivity contribution is 5.63. The highest BCUT2D eigenvalue weighted by Gasteiger charge is 2.56. The Hall–Kier alpha value is -4.32. The average molecular weight is 551 g/mol. The van der Waals surface area contributed by atoms with Crippen LogP contribution in [0, 0.1) is 0 Å². The van der Waals surface area contributed by atoms with Crippen molar-refractivity contribution in [1.82, 2.24) is 0 Å². The Morgan fingerprint density at radius 1 is 0.512 bits per heavy atom. The van der Waals surface area contributed by atoms with Crippen LogP contribution >= 0.6 is 0 Å². The predicted molar refractivity (Wildman–Crippen MR) is 164 cm³/mol. The number of methoxy groups -OCH3 is 2. The molecule has 0 amide bonds. The van der Waals surface area contributed by atoms with Gasteiger partial charge in [-0.1, -0.05) is 39.8 Å². The normalized spacial score (nSPS) is 17.1. The molecule has 1 spiro atoms. The zero-order valence-corrected chi connectivity index (χ0v) is 24.6. The number of ether oxygens (including phenoxy) is 4. The molecule has 0 aliphatic heterocycles. The van der Waals surface area contributed by atoms with E-state index in [1.54, 1.807) is 26.4 Å². The van der Waals surface area contributed by atoms with Gasteiger partial charge in [-0.25, -0.2) is 0 Å². The maximum absolute atomic E-state index is 6.36. The number of rotatable bonds is 6. The topological polar surface area (TPSA) is 89.0 Å². The predicted octanol–water partition coefficient (Wildman–Crippen LogP) is 8.10. The number of fused-ring (bicyclic) bond motifs is 4. The molecule has 0 atom stereocenters. The second kappa shape index (κ2) is 9.37. The number of anilines is 2. The van der Waals surface area contributed by atoms with E-state index in [4.69, 9.17) is 30.4 Å². The third kappa shape index (κ3) is 4.42. The van der Waals surface area contributed by atoms with Crippen LogP contribution in [-0.2, 0) is 16.2 Å². The van der Waals surface area contributed by atoms with Crippen LogP contribution in [-0.4, -0.2) is 14.2 Å². The van der Waals surface area contributed by atoms with Gasteiger partial charge >= 0.3 is 0 Å². The van der Waals surface area contributed by atoms with Gasteiger partial charge in [0.1, 0.15) is 34.5 Å². The quantitative estimate of drug-likeness (QED) is 0.236. The molecule has 2 aliphatic rings. The van der Waals surface area contributed by atoms with E-state index in [1.807, 2.05) is 24.3 Å². The van der Waals surface area contributed by atoms with Crippen molar-refractivity contribution in [2.45, 2.75) is 56.8 Å². The Kier molecular flexibility index (Phi) is 6.14. The van der Waals surface area contributed by atoms with Crippen molar-refractivity contribution in [3.8, 4) is 34.5 Å². The maximum atomic E-state index is 6.36. The summed E-state index contributed by atoms with van der Waals surface area (Å²) >= 11 is 0. The number of hydrogen-bond acceptors (Lipinski definition) is 6. The van der Waals surface area contributed by atoms with Gasteiger partial charge in [-0.2, -0.15) is 0 Å². The lowest BCUT2D eigenvalue weighted by molar-refractivity contribution is 0.349. The minimum atomic E-state index is -0.173. The first kappa shape index (κ1) is 26.9. The van der Waals surface area contributed by atoms with Crippen molar-refractivity contribution < 1.29 is 18.9 Å². The average Bonchev–Trinajstić information content (AvgIpc) is 3.30. The van der Waals surface area contributed by atoms with Gasteiger partial charge in [0.25, 0.3) is 0 Å². The van der Waals surface area contributed by atoms with Gasteiger partial charge in [-0.05, 0) is 94.5 Å². The second-order valence-corrected chi connectivity index (χ2v) is 12.6. The van der Waals surface area contributed by atoms with Gasteiger partial charge < -0.3 is 30.4 Å². The summed E-state index contributed by atoms with van der Waals surface area (Å²) in [6.45, 7) is 9.38. The lowest BCUT2D eigenvalue weighted by Gasteiger charge is -2.30. The minimum absolute atomic E-state index is 0.00282. The molecule has 0 heterocycles. The molecule has 4 aromatic rings. The summed E-state index contributed by atoms with van der Waals surface area (Å²) in [5, 5.41) is 0. The van der Waals surface area contributed by atoms with Crippen LogP contribution in [0.4, 0.5) is 11.4 Å². The van der Waals surface area contributed by atoms with Crippen LogP contribution in [0.25, 0.3) is 0 Å². The second-order valence-electron chi connectivity index (χ2n) is 12.6. The third-order valence-corrected chi connectivity index (χ3v) is 8.84. The van der Waals surface area contributed by atoms with E-state index >= 15 is 0 Å². The number of hydrogen-bond donors (Lipinski definition) is 2. The summed E-state index contributed by atoms with van der Waals surface area (Å²) in [5.41, 5.74) is 18.4. The van der Waals surface area contributed by atoms with Crippen LogP contribution in [0.5, 0.6) is 34.5 Å². The molecule has 0 radical (unpaired) electrons. The molecule has 6 nitrogen and oxygen atoms in total. The molecule has 0 unspecified atom stereocenters. The molecule has 212 valence electrons. The van der Waals surface area contributed by atoms with Crippen molar-refractivity contribution >= 4 is 11.4 Å². The first-order chi connectivity index (χ1) is 19.5. The molecule has 6 heteroatoms. The summed E-state index contributed by atoms with van der Waals surface area (Å²) < 4.78 is 23.5. The van der Waals surface area contributed by atoms with Gasteiger partial charge in [0, 0.05) is 17.5 Å². The van der Waals surface area contributed by atoms with E-state index in [-0.39, 0.29) is 16.2 Å².